The minimum Gasteiger partial charge on any atom is -0.454 e. The molecule has 4 aliphatic rings. The summed E-state index contributed by atoms with van der Waals surface area (Å²) in [6.07, 6.45) is 15.4. The number of fused-ring (bicyclic) bond motifs is 1. The van der Waals surface area contributed by atoms with Gasteiger partial charge in [-0.15, -0.1) is 0 Å². The van der Waals surface area contributed by atoms with Gasteiger partial charge in [-0.25, -0.2) is 0 Å². The van der Waals surface area contributed by atoms with Gasteiger partial charge in [0.25, 0.3) is 0 Å². The Hall–Kier alpha value is -2.50. The normalized spacial score (nSPS) is 27.8. The van der Waals surface area contributed by atoms with E-state index < -0.39 is 0 Å². The Morgan fingerprint density at radius 3 is 2.19 bits per heavy atom. The molecule has 0 radical (unpaired) electrons. The predicted molar refractivity (Wildman–Crippen MR) is 140 cm³/mol. The average molecular weight is 495 g/mol. The van der Waals surface area contributed by atoms with E-state index in [0.717, 1.165) is 88.2 Å². The summed E-state index contributed by atoms with van der Waals surface area (Å²) in [5.41, 5.74) is 1.02. The number of ether oxygens (including phenoxy) is 2. The molecule has 1 aliphatic carbocycles. The van der Waals surface area contributed by atoms with E-state index >= 15 is 0 Å². The van der Waals surface area contributed by atoms with Crippen LogP contribution in [0.3, 0.4) is 0 Å². The molecule has 0 unspecified atom stereocenters. The van der Waals surface area contributed by atoms with Gasteiger partial charge in [0, 0.05) is 32.1 Å². The second-order valence-electron chi connectivity index (χ2n) is 11.0. The molecule has 0 spiro atoms. The highest BCUT2D eigenvalue weighted by Gasteiger charge is 2.46. The molecule has 2 amide bonds. The number of nitrogens with zero attached hydrogens (tertiary/aromatic N) is 2. The van der Waals surface area contributed by atoms with E-state index in [2.05, 4.69) is 30.0 Å². The Morgan fingerprint density at radius 1 is 0.833 bits per heavy atom. The van der Waals surface area contributed by atoms with E-state index in [4.69, 9.17) is 9.47 Å². The van der Waals surface area contributed by atoms with Crippen LogP contribution in [-0.2, 0) is 9.59 Å². The third kappa shape index (κ3) is 5.28. The molecule has 36 heavy (non-hydrogen) atoms. The van der Waals surface area contributed by atoms with Crippen molar-refractivity contribution in [3.8, 4) is 11.5 Å². The van der Waals surface area contributed by atoms with E-state index in [-0.39, 0.29) is 42.3 Å². The second-order valence-corrected chi connectivity index (χ2v) is 11.0. The maximum Gasteiger partial charge on any atom is 0.231 e. The standard InChI is InChI=1S/C30H42N2O4/c1-2-3-6-11-22-12-14-24(29(33)31-16-7-4-8-17-31)27(23-13-15-25-26(20-23)36-21-35-25)28(22)30(34)32-18-9-5-10-19-32/h12-15,20,22,24,27-28H,2-11,16-19,21H2,1H3/t22-,24+,27+,28+/m0/s1. The number of piperidine rings is 2. The number of allylic oxidation sites excluding steroid dienone is 1. The van der Waals surface area contributed by atoms with Gasteiger partial charge < -0.3 is 19.3 Å². The van der Waals surface area contributed by atoms with Gasteiger partial charge in [0.1, 0.15) is 0 Å². The van der Waals surface area contributed by atoms with Crippen LogP contribution in [0.25, 0.3) is 0 Å². The number of rotatable bonds is 7. The van der Waals surface area contributed by atoms with Gasteiger partial charge in [0.2, 0.25) is 18.6 Å². The first kappa shape index (κ1) is 25.2. The van der Waals surface area contributed by atoms with Gasteiger partial charge in [-0.2, -0.15) is 0 Å². The summed E-state index contributed by atoms with van der Waals surface area (Å²) in [7, 11) is 0. The fourth-order valence-corrected chi connectivity index (χ4v) is 6.66. The number of likely N-dealkylation sites (tertiary alicyclic amines) is 2. The van der Waals surface area contributed by atoms with Crippen molar-refractivity contribution in [2.45, 2.75) is 77.0 Å². The molecule has 2 saturated heterocycles. The first-order chi connectivity index (χ1) is 17.7. The minimum atomic E-state index is -0.329. The maximum atomic E-state index is 14.3. The highest BCUT2D eigenvalue weighted by Crippen LogP contribution is 2.47. The summed E-state index contributed by atoms with van der Waals surface area (Å²) in [5.74, 6) is 1.26. The van der Waals surface area contributed by atoms with Crippen molar-refractivity contribution in [3.05, 3.63) is 35.9 Å². The van der Waals surface area contributed by atoms with Crippen molar-refractivity contribution in [3.63, 3.8) is 0 Å². The van der Waals surface area contributed by atoms with Crippen LogP contribution in [0, 0.1) is 17.8 Å². The van der Waals surface area contributed by atoms with Crippen LogP contribution in [-0.4, -0.2) is 54.6 Å². The molecule has 3 aliphatic heterocycles. The van der Waals surface area contributed by atoms with Crippen LogP contribution in [0.1, 0.15) is 82.6 Å². The molecule has 0 N–H and O–H groups in total. The summed E-state index contributed by atoms with van der Waals surface area (Å²) in [6.45, 7) is 5.74. The Labute approximate surface area is 216 Å². The predicted octanol–water partition coefficient (Wildman–Crippen LogP) is 5.52. The van der Waals surface area contributed by atoms with Crippen LogP contribution in [0.5, 0.6) is 11.5 Å². The second kappa shape index (κ2) is 11.7. The maximum absolute atomic E-state index is 14.3. The molecule has 0 aromatic heterocycles. The van der Waals surface area contributed by atoms with Gasteiger partial charge in [0.15, 0.2) is 11.5 Å². The third-order valence-electron chi connectivity index (χ3n) is 8.63. The number of hydrogen-bond donors (Lipinski definition) is 0. The number of unbranched alkanes of at least 4 members (excludes halogenated alkanes) is 2. The molecule has 4 atom stereocenters. The van der Waals surface area contributed by atoms with Crippen molar-refractivity contribution >= 4 is 11.8 Å². The average Bonchev–Trinajstić information content (AvgIpc) is 3.41. The summed E-state index contributed by atoms with van der Waals surface area (Å²) in [5, 5.41) is 0. The molecule has 2 fully saturated rings. The molecule has 5 rings (SSSR count). The van der Waals surface area contributed by atoms with E-state index in [0.29, 0.717) is 0 Å². The Balaban J connectivity index is 1.53. The molecule has 6 nitrogen and oxygen atoms in total. The number of benzene rings is 1. The monoisotopic (exact) mass is 494 g/mol. The lowest BCUT2D eigenvalue weighted by molar-refractivity contribution is -0.142. The van der Waals surface area contributed by atoms with Crippen LogP contribution >= 0.6 is 0 Å². The first-order valence-corrected chi connectivity index (χ1v) is 14.3. The minimum absolute atomic E-state index is 0.145. The summed E-state index contributed by atoms with van der Waals surface area (Å²) >= 11 is 0. The Morgan fingerprint density at radius 2 is 1.50 bits per heavy atom. The molecule has 0 bridgehead atoms. The molecule has 1 aromatic rings. The quantitative estimate of drug-likeness (QED) is 0.370. The van der Waals surface area contributed by atoms with E-state index in [1.54, 1.807) is 0 Å². The van der Waals surface area contributed by atoms with Gasteiger partial charge in [-0.1, -0.05) is 44.4 Å². The molecule has 1 aromatic carbocycles. The van der Waals surface area contributed by atoms with Crippen LogP contribution in [0.2, 0.25) is 0 Å². The SMILES string of the molecule is CCCCC[C@H]1C=C[C@@H](C(=O)N2CCCCC2)[C@@H](c2ccc3c(c2)OCO3)[C@@H]1C(=O)N1CCCCC1. The number of carbonyl (C=O) groups is 2. The van der Waals surface area contributed by atoms with E-state index in [1.165, 1.54) is 19.3 Å². The summed E-state index contributed by atoms with van der Waals surface area (Å²) in [4.78, 5) is 32.4. The fourth-order valence-electron chi connectivity index (χ4n) is 6.66. The zero-order valence-electron chi connectivity index (χ0n) is 21.8. The number of amides is 2. The Bertz CT molecular complexity index is 948. The van der Waals surface area contributed by atoms with Gasteiger partial charge in [-0.05, 0) is 68.6 Å². The van der Waals surface area contributed by atoms with Gasteiger partial charge in [0.05, 0.1) is 11.8 Å². The smallest absolute Gasteiger partial charge is 0.231 e. The summed E-state index contributed by atoms with van der Waals surface area (Å²) in [6, 6.07) is 6.04. The molecule has 0 saturated carbocycles. The van der Waals surface area contributed by atoms with Gasteiger partial charge in [-0.3, -0.25) is 9.59 Å². The summed E-state index contributed by atoms with van der Waals surface area (Å²) < 4.78 is 11.3. The molecule has 196 valence electrons. The lowest BCUT2D eigenvalue weighted by atomic mass is 9.65. The van der Waals surface area contributed by atoms with Crippen LogP contribution in [0.15, 0.2) is 30.4 Å². The van der Waals surface area contributed by atoms with E-state index in [9.17, 15) is 9.59 Å². The first-order valence-electron chi connectivity index (χ1n) is 14.3. The lowest BCUT2D eigenvalue weighted by Crippen LogP contribution is -2.49. The van der Waals surface area contributed by atoms with Crippen LogP contribution in [0.4, 0.5) is 0 Å². The molecule has 3 heterocycles. The molecular formula is C30H42N2O4. The topological polar surface area (TPSA) is 59.1 Å². The zero-order valence-corrected chi connectivity index (χ0v) is 21.8. The van der Waals surface area contributed by atoms with Crippen molar-refractivity contribution in [1.82, 2.24) is 9.80 Å². The highest BCUT2D eigenvalue weighted by atomic mass is 16.7. The van der Waals surface area contributed by atoms with Crippen molar-refractivity contribution < 1.29 is 19.1 Å². The van der Waals surface area contributed by atoms with Crippen LogP contribution < -0.4 is 9.47 Å². The number of hydrogen-bond acceptors (Lipinski definition) is 4. The Kier molecular flexibility index (Phi) is 8.18. The zero-order chi connectivity index (χ0) is 24.9. The van der Waals surface area contributed by atoms with Crippen molar-refractivity contribution in [1.29, 1.82) is 0 Å². The lowest BCUT2D eigenvalue weighted by Gasteiger charge is -2.43. The highest BCUT2D eigenvalue weighted by molar-refractivity contribution is 5.86. The fraction of sp³-hybridized carbons (Fsp3) is 0.667. The van der Waals surface area contributed by atoms with E-state index in [1.807, 2.05) is 17.0 Å². The van der Waals surface area contributed by atoms with Crippen molar-refractivity contribution in [2.24, 2.45) is 17.8 Å². The van der Waals surface area contributed by atoms with Gasteiger partial charge >= 0.3 is 0 Å². The molecule has 6 heteroatoms. The largest absolute Gasteiger partial charge is 0.454 e. The number of carbonyl (C=O) groups excluding carboxylic acids is 2. The van der Waals surface area contributed by atoms with Crippen molar-refractivity contribution in [2.75, 3.05) is 33.0 Å². The molecular weight excluding hydrogens is 452 g/mol. The third-order valence-corrected chi connectivity index (χ3v) is 8.63.